The van der Waals surface area contributed by atoms with Gasteiger partial charge in [-0.1, -0.05) is 47.5 Å². The molecule has 0 aliphatic rings. The number of benzene rings is 1. The van der Waals surface area contributed by atoms with E-state index in [0.717, 1.165) is 0 Å². The number of carbonyl (C=O) groups excluding carboxylic acids is 2. The Labute approximate surface area is 283 Å². The fraction of sp³-hybridized carbons (Fsp3) is 0.469. The molecule has 0 radical (unpaired) electrons. The van der Waals surface area contributed by atoms with Crippen LogP contribution in [0.1, 0.15) is 36.7 Å². The van der Waals surface area contributed by atoms with Gasteiger partial charge in [-0.3, -0.25) is 14.6 Å². The van der Waals surface area contributed by atoms with Gasteiger partial charge in [0.1, 0.15) is 18.2 Å². The predicted octanol–water partition coefficient (Wildman–Crippen LogP) is 3.25. The third-order valence-electron chi connectivity index (χ3n) is 6.33. The third-order valence-corrected chi connectivity index (χ3v) is 6.90. The molecule has 1 aromatic carbocycles. The molecular formula is C32H40Cl2N4O9. The van der Waals surface area contributed by atoms with Crippen LogP contribution in [0.15, 0.2) is 47.7 Å². The third kappa shape index (κ3) is 12.2. The molecule has 1 atom stereocenters. The van der Waals surface area contributed by atoms with E-state index in [-0.39, 0.29) is 59.8 Å². The maximum absolute atomic E-state index is 13.1. The Morgan fingerprint density at radius 2 is 1.49 bits per heavy atom. The number of aromatic nitrogens is 3. The number of aliphatic hydroxyl groups is 1. The largest absolute Gasteiger partial charge is 0.489 e. The van der Waals surface area contributed by atoms with Crippen molar-refractivity contribution in [3.8, 4) is 16.9 Å². The van der Waals surface area contributed by atoms with E-state index < -0.39 is 23.5 Å². The molecule has 0 aliphatic heterocycles. The summed E-state index contributed by atoms with van der Waals surface area (Å²) in [4.78, 5) is 43.2. The number of esters is 1. The van der Waals surface area contributed by atoms with Crippen molar-refractivity contribution in [3.05, 3.63) is 74.4 Å². The topological polar surface area (TPSA) is 160 Å². The van der Waals surface area contributed by atoms with E-state index in [1.165, 1.54) is 30.3 Å². The average molecular weight is 696 g/mol. The molecule has 0 aliphatic carbocycles. The Morgan fingerprint density at radius 1 is 0.915 bits per heavy atom. The van der Waals surface area contributed by atoms with Crippen LogP contribution in [-0.4, -0.2) is 96.2 Å². The van der Waals surface area contributed by atoms with Crippen LogP contribution >= 0.6 is 23.2 Å². The van der Waals surface area contributed by atoms with Crippen LogP contribution in [-0.2, 0) is 37.2 Å². The molecule has 2 aromatic heterocycles. The minimum absolute atomic E-state index is 0.00700. The van der Waals surface area contributed by atoms with Gasteiger partial charge in [0, 0.05) is 25.9 Å². The fourth-order valence-corrected chi connectivity index (χ4v) is 4.72. The zero-order valence-corrected chi connectivity index (χ0v) is 28.3. The van der Waals surface area contributed by atoms with E-state index in [9.17, 15) is 14.4 Å². The number of aliphatic hydroxyl groups excluding tert-OH is 1. The van der Waals surface area contributed by atoms with Crippen LogP contribution in [0.5, 0.6) is 5.75 Å². The van der Waals surface area contributed by atoms with Gasteiger partial charge in [0.25, 0.3) is 11.5 Å². The number of hydrogen-bond donors (Lipinski definition) is 2. The van der Waals surface area contributed by atoms with Crippen LogP contribution in [0, 0.1) is 0 Å². The van der Waals surface area contributed by atoms with E-state index >= 15 is 0 Å². The van der Waals surface area contributed by atoms with Crippen LogP contribution in [0.25, 0.3) is 11.1 Å². The summed E-state index contributed by atoms with van der Waals surface area (Å²) in [5, 5.41) is 15.5. The number of hydrogen-bond acceptors (Lipinski definition) is 11. The zero-order valence-electron chi connectivity index (χ0n) is 26.8. The lowest BCUT2D eigenvalue weighted by molar-refractivity contribution is -0.157. The summed E-state index contributed by atoms with van der Waals surface area (Å²) >= 11 is 12.3. The van der Waals surface area contributed by atoms with Crippen LogP contribution in [0.2, 0.25) is 10.0 Å². The Bertz CT molecular complexity index is 1510. The summed E-state index contributed by atoms with van der Waals surface area (Å²) in [5.74, 6) is -1.01. The molecule has 0 bridgehead atoms. The SMILES string of the molecule is Cn1ncc(OCCOCCOCCOCCO)c(-c2ccc(CC(NC(=O)c3c(Cl)cncc3Cl)C(=O)OC(C)(C)C)cc2)c1=O. The Balaban J connectivity index is 1.68. The number of carbonyl (C=O) groups is 2. The lowest BCUT2D eigenvalue weighted by atomic mass is 10.0. The quantitative estimate of drug-likeness (QED) is 0.149. The average Bonchev–Trinajstić information content (AvgIpc) is 3.01. The number of nitrogens with one attached hydrogen (secondary N) is 1. The smallest absolute Gasteiger partial charge is 0.329 e. The monoisotopic (exact) mass is 694 g/mol. The molecule has 2 N–H and O–H groups in total. The zero-order chi connectivity index (χ0) is 34.4. The van der Waals surface area contributed by atoms with E-state index in [4.69, 9.17) is 52.0 Å². The fourth-order valence-electron chi connectivity index (χ4n) is 4.18. The molecule has 13 nitrogen and oxygen atoms in total. The first-order chi connectivity index (χ1) is 22.4. The van der Waals surface area contributed by atoms with Crippen molar-refractivity contribution in [1.82, 2.24) is 20.1 Å². The van der Waals surface area contributed by atoms with Crippen molar-refractivity contribution >= 4 is 35.1 Å². The van der Waals surface area contributed by atoms with Crippen LogP contribution in [0.4, 0.5) is 0 Å². The molecular weight excluding hydrogens is 655 g/mol. The van der Waals surface area contributed by atoms with Crippen molar-refractivity contribution in [1.29, 1.82) is 0 Å². The van der Waals surface area contributed by atoms with Crippen molar-refractivity contribution < 1.29 is 38.4 Å². The molecule has 3 aromatic rings. The molecule has 256 valence electrons. The highest BCUT2D eigenvalue weighted by Gasteiger charge is 2.29. The van der Waals surface area contributed by atoms with Gasteiger partial charge in [-0.2, -0.15) is 5.10 Å². The van der Waals surface area contributed by atoms with E-state index in [1.54, 1.807) is 45.0 Å². The van der Waals surface area contributed by atoms with Crippen molar-refractivity contribution in [2.75, 3.05) is 52.9 Å². The Morgan fingerprint density at radius 3 is 2.06 bits per heavy atom. The van der Waals surface area contributed by atoms with Gasteiger partial charge in [-0.15, -0.1) is 0 Å². The summed E-state index contributed by atoms with van der Waals surface area (Å²) in [6.07, 6.45) is 4.11. The van der Waals surface area contributed by atoms with Crippen LogP contribution < -0.4 is 15.6 Å². The molecule has 0 fully saturated rings. The molecule has 47 heavy (non-hydrogen) atoms. The summed E-state index contributed by atoms with van der Waals surface area (Å²) in [5.41, 5.74) is 0.381. The number of nitrogens with zero attached hydrogens (tertiary/aromatic N) is 3. The Kier molecular flexibility index (Phi) is 15.0. The highest BCUT2D eigenvalue weighted by molar-refractivity contribution is 6.39. The first-order valence-electron chi connectivity index (χ1n) is 14.9. The van der Waals surface area contributed by atoms with Crippen LogP contribution in [0.3, 0.4) is 0 Å². The van der Waals surface area contributed by atoms with Gasteiger partial charge < -0.3 is 34.1 Å². The highest BCUT2D eigenvalue weighted by atomic mass is 35.5. The molecule has 0 saturated carbocycles. The Hall–Kier alpha value is -3.59. The van der Waals surface area contributed by atoms with E-state index in [0.29, 0.717) is 43.1 Å². The lowest BCUT2D eigenvalue weighted by Gasteiger charge is -2.25. The van der Waals surface area contributed by atoms with Gasteiger partial charge >= 0.3 is 5.97 Å². The van der Waals surface area contributed by atoms with Crippen molar-refractivity contribution in [2.45, 2.75) is 38.8 Å². The number of ether oxygens (including phenoxy) is 5. The van der Waals surface area contributed by atoms with Crippen molar-refractivity contribution in [3.63, 3.8) is 0 Å². The molecule has 1 amide bonds. The second kappa shape index (κ2) is 18.7. The molecule has 0 spiro atoms. The van der Waals surface area contributed by atoms with Gasteiger partial charge in [0.2, 0.25) is 0 Å². The number of aryl methyl sites for hydroxylation is 1. The first-order valence-corrected chi connectivity index (χ1v) is 15.6. The van der Waals surface area contributed by atoms with E-state index in [1.807, 2.05) is 0 Å². The summed E-state index contributed by atoms with van der Waals surface area (Å²) in [6.45, 7) is 7.35. The minimum Gasteiger partial charge on any atom is -0.489 e. The molecule has 15 heteroatoms. The first kappa shape index (κ1) is 37.9. The van der Waals surface area contributed by atoms with Gasteiger partial charge in [-0.25, -0.2) is 9.48 Å². The summed E-state index contributed by atoms with van der Waals surface area (Å²) in [6, 6.07) is 5.86. The molecule has 3 rings (SSSR count). The second-order valence-corrected chi connectivity index (χ2v) is 12.0. The maximum Gasteiger partial charge on any atom is 0.329 e. The van der Waals surface area contributed by atoms with Gasteiger partial charge in [0.15, 0.2) is 5.75 Å². The second-order valence-electron chi connectivity index (χ2n) is 11.2. The molecule has 2 heterocycles. The number of pyridine rings is 1. The van der Waals surface area contributed by atoms with Gasteiger partial charge in [0.05, 0.1) is 73.6 Å². The van der Waals surface area contributed by atoms with E-state index in [2.05, 4.69) is 15.4 Å². The highest BCUT2D eigenvalue weighted by Crippen LogP contribution is 2.27. The predicted molar refractivity (Wildman–Crippen MR) is 175 cm³/mol. The minimum atomic E-state index is -1.08. The number of amides is 1. The van der Waals surface area contributed by atoms with Gasteiger partial charge in [-0.05, 0) is 31.9 Å². The lowest BCUT2D eigenvalue weighted by Crippen LogP contribution is -2.45. The number of rotatable bonds is 18. The normalized spacial score (nSPS) is 12.1. The van der Waals surface area contributed by atoms with Crippen molar-refractivity contribution in [2.24, 2.45) is 7.05 Å². The standard InChI is InChI=1S/C32H40Cl2N4O9/c1-32(2,3)47-31(42)25(37-29(40)28-23(33)18-35-19-24(28)34)17-21-5-7-22(8-6-21)27-26(20-36-38(4)30(27)41)46-16-15-45-14-13-44-12-11-43-10-9-39/h5-8,18-20,25,39H,9-17H2,1-4H3,(H,37,40). The number of halogens is 2. The molecule has 0 saturated heterocycles. The molecule has 1 unspecified atom stereocenters. The summed E-state index contributed by atoms with van der Waals surface area (Å²) in [7, 11) is 1.54. The summed E-state index contributed by atoms with van der Waals surface area (Å²) < 4.78 is 28.7. The maximum atomic E-state index is 13.1.